The molecule has 9 heteroatoms. The molecule has 2 atom stereocenters. The van der Waals surface area contributed by atoms with E-state index in [4.69, 9.17) is 24.4 Å². The van der Waals surface area contributed by atoms with Crippen molar-refractivity contribution in [3.05, 3.63) is 71.8 Å². The second kappa shape index (κ2) is 12.2. The molecule has 32 heavy (non-hydrogen) atoms. The number of carbonyl (C=O) groups excluding carboxylic acids is 2. The summed E-state index contributed by atoms with van der Waals surface area (Å²) in [5, 5.41) is 20.4. The number of aliphatic hydroxyl groups is 1. The second-order valence-electron chi connectivity index (χ2n) is 6.62. The summed E-state index contributed by atoms with van der Waals surface area (Å²) in [6.45, 7) is 1.44. The van der Waals surface area contributed by atoms with Gasteiger partial charge in [0.25, 0.3) is 0 Å². The number of aliphatic carboxylic acids is 1. The van der Waals surface area contributed by atoms with E-state index in [0.29, 0.717) is 22.6 Å². The molecule has 0 radical (unpaired) electrons. The molecule has 0 aromatic heterocycles. The number of carboxylic acids is 1. The summed E-state index contributed by atoms with van der Waals surface area (Å²) in [6.07, 6.45) is -0.475. The number of rotatable bonds is 11. The summed E-state index contributed by atoms with van der Waals surface area (Å²) in [6, 6.07) is 12.8. The Morgan fingerprint density at radius 1 is 1.06 bits per heavy atom. The molecule has 0 aliphatic heterocycles. The third-order valence-electron chi connectivity index (χ3n) is 4.34. The van der Waals surface area contributed by atoms with E-state index < -0.39 is 24.3 Å². The summed E-state index contributed by atoms with van der Waals surface area (Å²) < 4.78 is 16.2. The van der Waals surface area contributed by atoms with E-state index in [1.807, 2.05) is 0 Å². The van der Waals surface area contributed by atoms with E-state index >= 15 is 0 Å². The van der Waals surface area contributed by atoms with Crippen molar-refractivity contribution >= 4 is 23.5 Å². The molecule has 0 saturated heterocycles. The summed E-state index contributed by atoms with van der Waals surface area (Å²) in [5.41, 5.74) is 1.45. The first kappa shape index (κ1) is 24.6. The number of methoxy groups -OCH3 is 1. The van der Waals surface area contributed by atoms with Crippen molar-refractivity contribution in [2.75, 3.05) is 25.6 Å². The highest BCUT2D eigenvalue weighted by atomic mass is 16.6. The fraction of sp³-hybridized carbons (Fsp3) is 0.261. The van der Waals surface area contributed by atoms with Gasteiger partial charge >= 0.3 is 12.1 Å². The lowest BCUT2D eigenvalue weighted by Crippen LogP contribution is -2.27. The first-order chi connectivity index (χ1) is 15.3. The van der Waals surface area contributed by atoms with Crippen LogP contribution in [0.1, 0.15) is 28.9 Å². The van der Waals surface area contributed by atoms with Crippen molar-refractivity contribution < 1.29 is 38.8 Å². The number of hydrogen-bond donors (Lipinski definition) is 3. The number of benzene rings is 2. The average Bonchev–Trinajstić information content (AvgIpc) is 2.77. The van der Waals surface area contributed by atoms with Crippen LogP contribution in [0.3, 0.4) is 0 Å². The maximum absolute atomic E-state index is 12.5. The van der Waals surface area contributed by atoms with E-state index in [1.165, 1.54) is 20.1 Å². The van der Waals surface area contributed by atoms with E-state index in [0.717, 1.165) is 6.08 Å². The van der Waals surface area contributed by atoms with Crippen LogP contribution in [0, 0.1) is 0 Å². The first-order valence-electron chi connectivity index (χ1n) is 9.70. The van der Waals surface area contributed by atoms with Gasteiger partial charge in [-0.3, -0.25) is 10.1 Å². The molecule has 0 aliphatic rings. The molecule has 9 nitrogen and oxygen atoms in total. The monoisotopic (exact) mass is 443 g/mol. The van der Waals surface area contributed by atoms with E-state index in [2.05, 4.69) is 5.32 Å². The molecule has 0 bridgehead atoms. The molecule has 0 unspecified atom stereocenters. The van der Waals surface area contributed by atoms with Crippen molar-refractivity contribution in [3.8, 4) is 5.75 Å². The third kappa shape index (κ3) is 7.53. The van der Waals surface area contributed by atoms with E-state index in [9.17, 15) is 14.4 Å². The molecule has 0 aliphatic carbocycles. The fourth-order valence-electron chi connectivity index (χ4n) is 2.77. The number of aliphatic hydroxyl groups excluding tert-OH is 1. The van der Waals surface area contributed by atoms with Crippen LogP contribution in [-0.4, -0.2) is 54.5 Å². The van der Waals surface area contributed by atoms with Crippen molar-refractivity contribution in [2.24, 2.45) is 0 Å². The largest absolute Gasteiger partial charge is 0.491 e. The van der Waals surface area contributed by atoms with Gasteiger partial charge in [-0.2, -0.15) is 0 Å². The lowest BCUT2D eigenvalue weighted by Gasteiger charge is -2.24. The molecule has 2 aromatic rings. The maximum atomic E-state index is 12.5. The molecule has 0 saturated carbocycles. The molecule has 0 spiro atoms. The minimum atomic E-state index is -1.17. The molecule has 0 heterocycles. The number of hydrogen-bond acceptors (Lipinski definition) is 7. The number of amides is 1. The number of anilines is 1. The lowest BCUT2D eigenvalue weighted by atomic mass is 10.0. The van der Waals surface area contributed by atoms with Crippen LogP contribution < -0.4 is 10.1 Å². The van der Waals surface area contributed by atoms with Gasteiger partial charge in [-0.15, -0.1) is 0 Å². The van der Waals surface area contributed by atoms with Gasteiger partial charge in [0, 0.05) is 24.4 Å². The van der Waals surface area contributed by atoms with Crippen LogP contribution in [0.5, 0.6) is 5.75 Å². The Balaban J connectivity index is 2.21. The van der Waals surface area contributed by atoms with Crippen molar-refractivity contribution in [3.63, 3.8) is 0 Å². The molecular formula is C23H25NO8. The predicted molar refractivity (Wildman–Crippen MR) is 116 cm³/mol. The smallest absolute Gasteiger partial charge is 0.412 e. The summed E-state index contributed by atoms with van der Waals surface area (Å²) >= 11 is 0. The van der Waals surface area contributed by atoms with Gasteiger partial charge in [0.2, 0.25) is 0 Å². The number of ether oxygens (including phenoxy) is 3. The van der Waals surface area contributed by atoms with Crippen LogP contribution in [0.4, 0.5) is 10.5 Å². The second-order valence-corrected chi connectivity index (χ2v) is 6.62. The number of nitrogens with one attached hydrogen (secondary N) is 1. The average molecular weight is 443 g/mol. The summed E-state index contributed by atoms with van der Waals surface area (Å²) in [4.78, 5) is 34.9. The van der Waals surface area contributed by atoms with Gasteiger partial charge in [0.15, 0.2) is 11.9 Å². The highest BCUT2D eigenvalue weighted by molar-refractivity contribution is 5.95. The molecule has 2 rings (SSSR count). The van der Waals surface area contributed by atoms with Crippen molar-refractivity contribution in [1.29, 1.82) is 0 Å². The van der Waals surface area contributed by atoms with Crippen LogP contribution in [-0.2, 0) is 14.3 Å². The summed E-state index contributed by atoms with van der Waals surface area (Å²) in [5.74, 6) is -0.765. The number of Topliss-reactive ketones (excluding diaryl/α,β-unsaturated/α-hetero) is 1. The SMILES string of the molecule is CO[C@@H](/C=C/C(=O)O)[C@@H](OC(=O)Nc1ccc(C(C)=O)cc1)c1ccc(OCCO)cc1. The zero-order chi connectivity index (χ0) is 23.5. The number of carboxylic acid groups (broad SMARTS) is 1. The highest BCUT2D eigenvalue weighted by Gasteiger charge is 2.26. The van der Waals surface area contributed by atoms with Crippen LogP contribution in [0.15, 0.2) is 60.7 Å². The predicted octanol–water partition coefficient (Wildman–Crippen LogP) is 3.21. The topological polar surface area (TPSA) is 131 Å². The maximum Gasteiger partial charge on any atom is 0.412 e. The summed E-state index contributed by atoms with van der Waals surface area (Å²) in [7, 11) is 1.37. The Morgan fingerprint density at radius 3 is 2.25 bits per heavy atom. The number of carbonyl (C=O) groups is 3. The van der Waals surface area contributed by atoms with Crippen LogP contribution >= 0.6 is 0 Å². The molecule has 170 valence electrons. The zero-order valence-electron chi connectivity index (χ0n) is 17.7. The van der Waals surface area contributed by atoms with Gasteiger partial charge < -0.3 is 24.4 Å². The minimum Gasteiger partial charge on any atom is -0.491 e. The lowest BCUT2D eigenvalue weighted by molar-refractivity contribution is -0.131. The standard InChI is InChI=1S/C23H25NO8/c1-15(26)16-3-7-18(8-4-16)24-23(29)32-22(20(30-2)11-12-21(27)28)17-5-9-19(10-6-17)31-14-13-25/h3-12,20,22,25H,13-14H2,1-2H3,(H,24,29)(H,27,28)/b12-11+/t20-,22-/m0/s1. The van der Waals surface area contributed by atoms with Crippen molar-refractivity contribution in [2.45, 2.75) is 19.1 Å². The Morgan fingerprint density at radius 2 is 1.72 bits per heavy atom. The molecule has 1 amide bonds. The van der Waals surface area contributed by atoms with Crippen LogP contribution in [0.25, 0.3) is 0 Å². The highest BCUT2D eigenvalue weighted by Crippen LogP contribution is 2.27. The third-order valence-corrected chi connectivity index (χ3v) is 4.34. The van der Waals surface area contributed by atoms with E-state index in [-0.39, 0.29) is 19.0 Å². The fourth-order valence-corrected chi connectivity index (χ4v) is 2.77. The van der Waals surface area contributed by atoms with E-state index in [1.54, 1.807) is 48.5 Å². The Bertz CT molecular complexity index is 937. The van der Waals surface area contributed by atoms with Gasteiger partial charge in [0.05, 0.1) is 6.61 Å². The van der Waals surface area contributed by atoms with Crippen LogP contribution in [0.2, 0.25) is 0 Å². The van der Waals surface area contributed by atoms with Crippen molar-refractivity contribution in [1.82, 2.24) is 0 Å². The molecule has 3 N–H and O–H groups in total. The number of ketones is 1. The van der Waals surface area contributed by atoms with Gasteiger partial charge in [-0.05, 0) is 55.0 Å². The first-order valence-corrected chi connectivity index (χ1v) is 9.70. The zero-order valence-corrected chi connectivity index (χ0v) is 17.7. The Labute approximate surface area is 185 Å². The van der Waals surface area contributed by atoms with Gasteiger partial charge in [-0.25, -0.2) is 9.59 Å². The quantitative estimate of drug-likeness (QED) is 0.356. The Hall–Kier alpha value is -3.69. The Kier molecular flexibility index (Phi) is 9.40. The molecular weight excluding hydrogens is 418 g/mol. The van der Waals surface area contributed by atoms with Gasteiger partial charge in [0.1, 0.15) is 18.5 Å². The normalized spacial score (nSPS) is 12.7. The van der Waals surface area contributed by atoms with Gasteiger partial charge in [-0.1, -0.05) is 12.1 Å². The minimum absolute atomic E-state index is 0.0984. The molecule has 0 fully saturated rings. The molecule has 2 aromatic carbocycles.